The number of nitrogens with one attached hydrogen (secondary N) is 1. The molecule has 39 heavy (non-hydrogen) atoms. The summed E-state index contributed by atoms with van der Waals surface area (Å²) in [4.78, 5) is 39.7. The summed E-state index contributed by atoms with van der Waals surface area (Å²) in [6.07, 6.45) is 5.18. The van der Waals surface area contributed by atoms with Gasteiger partial charge in [-0.05, 0) is 101 Å². The van der Waals surface area contributed by atoms with Crippen LogP contribution in [0.4, 0.5) is 4.79 Å². The van der Waals surface area contributed by atoms with E-state index in [0.717, 1.165) is 44.3 Å². The largest absolute Gasteiger partial charge is 0.488 e. The van der Waals surface area contributed by atoms with Crippen LogP contribution in [0.3, 0.4) is 0 Å². The van der Waals surface area contributed by atoms with Crippen LogP contribution < -0.4 is 10.1 Å². The zero-order valence-electron chi connectivity index (χ0n) is 23.5. The summed E-state index contributed by atoms with van der Waals surface area (Å²) in [6.45, 7) is 7.25. The lowest BCUT2D eigenvalue weighted by Gasteiger charge is -2.30. The van der Waals surface area contributed by atoms with Crippen molar-refractivity contribution in [1.82, 2.24) is 10.2 Å². The van der Waals surface area contributed by atoms with Gasteiger partial charge in [-0.3, -0.25) is 14.5 Å². The topological polar surface area (TPSA) is 84.9 Å². The lowest BCUT2D eigenvalue weighted by Crippen LogP contribution is -2.43. The minimum atomic E-state index is -0.633. The van der Waals surface area contributed by atoms with Gasteiger partial charge in [0.15, 0.2) is 5.78 Å². The highest BCUT2D eigenvalue weighted by atomic mass is 16.6. The molecule has 0 radical (unpaired) electrons. The SMILES string of the molecule is CC(=O)[C@@H]1CC(Oc2ccc3c(c2)CC[C@H](C(=O)NC2CCCc4ccccc42)C3)CN1C(=O)OC(C)(C)C. The zero-order chi connectivity index (χ0) is 27.7. The molecule has 3 aliphatic rings. The summed E-state index contributed by atoms with van der Waals surface area (Å²) in [5.41, 5.74) is 4.36. The van der Waals surface area contributed by atoms with Crippen LogP contribution in [0.5, 0.6) is 5.75 Å². The minimum Gasteiger partial charge on any atom is -0.488 e. The van der Waals surface area contributed by atoms with Crippen LogP contribution in [0.25, 0.3) is 0 Å². The maximum atomic E-state index is 13.2. The van der Waals surface area contributed by atoms with Crippen LogP contribution in [0, 0.1) is 5.92 Å². The van der Waals surface area contributed by atoms with Gasteiger partial charge in [0.2, 0.25) is 5.91 Å². The Morgan fingerprint density at radius 3 is 2.54 bits per heavy atom. The average molecular weight is 533 g/mol. The second-order valence-corrected chi connectivity index (χ2v) is 12.3. The first-order chi connectivity index (χ1) is 18.6. The van der Waals surface area contributed by atoms with E-state index in [2.05, 4.69) is 41.7 Å². The molecule has 7 nitrogen and oxygen atoms in total. The molecule has 208 valence electrons. The number of ether oxygens (including phenoxy) is 2. The smallest absolute Gasteiger partial charge is 0.411 e. The Morgan fingerprint density at radius 2 is 1.77 bits per heavy atom. The van der Waals surface area contributed by atoms with Crippen LogP contribution in [-0.4, -0.2) is 47.0 Å². The predicted molar refractivity (Wildman–Crippen MR) is 149 cm³/mol. The van der Waals surface area contributed by atoms with Crippen molar-refractivity contribution in [3.8, 4) is 5.75 Å². The molecule has 0 saturated carbocycles. The van der Waals surface area contributed by atoms with Gasteiger partial charge in [-0.15, -0.1) is 0 Å². The van der Waals surface area contributed by atoms with Gasteiger partial charge in [-0.25, -0.2) is 4.79 Å². The van der Waals surface area contributed by atoms with Crippen molar-refractivity contribution in [2.24, 2.45) is 5.92 Å². The number of nitrogens with zero attached hydrogens (tertiary/aromatic N) is 1. The van der Waals surface area contributed by atoms with E-state index >= 15 is 0 Å². The molecular formula is C32H40N2O5. The van der Waals surface area contributed by atoms with Crippen LogP contribution in [0.2, 0.25) is 0 Å². The van der Waals surface area contributed by atoms with Gasteiger partial charge < -0.3 is 14.8 Å². The summed E-state index contributed by atoms with van der Waals surface area (Å²) in [5, 5.41) is 3.34. The van der Waals surface area contributed by atoms with Gasteiger partial charge in [0, 0.05) is 12.3 Å². The average Bonchev–Trinajstić information content (AvgIpc) is 3.32. The highest BCUT2D eigenvalue weighted by Crippen LogP contribution is 2.33. The number of fused-ring (bicyclic) bond motifs is 2. The van der Waals surface area contributed by atoms with E-state index in [1.54, 1.807) is 0 Å². The Labute approximate surface area is 231 Å². The molecule has 2 aromatic carbocycles. The quantitative estimate of drug-likeness (QED) is 0.563. The Hall–Kier alpha value is -3.35. The highest BCUT2D eigenvalue weighted by Gasteiger charge is 2.41. The molecule has 0 bridgehead atoms. The van der Waals surface area contributed by atoms with E-state index in [4.69, 9.17) is 9.47 Å². The monoisotopic (exact) mass is 532 g/mol. The second kappa shape index (κ2) is 11.0. The van der Waals surface area contributed by atoms with Crippen molar-refractivity contribution in [2.75, 3.05) is 6.54 Å². The van der Waals surface area contributed by atoms with Crippen molar-refractivity contribution in [3.63, 3.8) is 0 Å². The molecule has 1 aliphatic heterocycles. The number of carbonyl (C=O) groups excluding carboxylic acids is 3. The first-order valence-corrected chi connectivity index (χ1v) is 14.2. The van der Waals surface area contributed by atoms with Gasteiger partial charge in [0.1, 0.15) is 17.5 Å². The fourth-order valence-corrected chi connectivity index (χ4v) is 6.20. The number of hydrogen-bond donors (Lipinski definition) is 1. The predicted octanol–water partition coefficient (Wildman–Crippen LogP) is 5.33. The molecule has 2 unspecified atom stereocenters. The summed E-state index contributed by atoms with van der Waals surface area (Å²) in [6, 6.07) is 14.1. The van der Waals surface area contributed by atoms with Gasteiger partial charge in [-0.1, -0.05) is 30.3 Å². The minimum absolute atomic E-state index is 0.0353. The molecule has 2 aliphatic carbocycles. The summed E-state index contributed by atoms with van der Waals surface area (Å²) < 4.78 is 11.8. The van der Waals surface area contributed by atoms with Crippen molar-refractivity contribution in [3.05, 3.63) is 64.7 Å². The molecule has 4 atom stereocenters. The van der Waals surface area contributed by atoms with Crippen molar-refractivity contribution in [2.45, 2.75) is 96.4 Å². The Morgan fingerprint density at radius 1 is 0.974 bits per heavy atom. The fourth-order valence-electron chi connectivity index (χ4n) is 6.20. The summed E-state index contributed by atoms with van der Waals surface area (Å²) in [7, 11) is 0. The number of likely N-dealkylation sites (tertiary alicyclic amines) is 1. The first-order valence-electron chi connectivity index (χ1n) is 14.2. The first kappa shape index (κ1) is 27.2. The Kier molecular flexibility index (Phi) is 7.70. The number of Topliss-reactive ketones (excluding diaryl/α,β-unsaturated/α-hetero) is 1. The van der Waals surface area contributed by atoms with E-state index in [9.17, 15) is 14.4 Å². The summed E-state index contributed by atoms with van der Waals surface area (Å²) >= 11 is 0. The maximum absolute atomic E-state index is 13.2. The number of benzene rings is 2. The van der Waals surface area contributed by atoms with E-state index in [-0.39, 0.29) is 29.8 Å². The van der Waals surface area contributed by atoms with Crippen molar-refractivity contribution < 1.29 is 23.9 Å². The molecule has 5 rings (SSSR count). The zero-order valence-corrected chi connectivity index (χ0v) is 23.5. The van der Waals surface area contributed by atoms with E-state index in [0.29, 0.717) is 13.0 Å². The Bertz CT molecular complexity index is 1250. The number of carbonyl (C=O) groups is 3. The standard InChI is InChI=1S/C32H40N2O5/c1-20(35)29-18-26(19-34(29)31(37)39-32(2,3)4)38-25-15-14-22-16-24(13-12-23(22)17-25)30(36)33-28-11-7-9-21-8-5-6-10-27(21)28/h5-6,8,10,14-15,17,24,26,28-29H,7,9,11-13,16,18-19H2,1-4H3,(H,33,36)/t24-,26?,28?,29-/m0/s1. The van der Waals surface area contributed by atoms with Crippen LogP contribution in [-0.2, 0) is 33.6 Å². The number of aryl methyl sites for hydroxylation is 2. The van der Waals surface area contributed by atoms with Gasteiger partial charge in [0.05, 0.1) is 18.6 Å². The van der Waals surface area contributed by atoms with E-state index in [1.807, 2.05) is 26.8 Å². The number of amides is 2. The molecule has 0 spiro atoms. The molecule has 1 saturated heterocycles. The van der Waals surface area contributed by atoms with Gasteiger partial charge in [0.25, 0.3) is 0 Å². The number of hydrogen-bond acceptors (Lipinski definition) is 5. The Balaban J connectivity index is 1.20. The van der Waals surface area contributed by atoms with Gasteiger partial charge >= 0.3 is 6.09 Å². The summed E-state index contributed by atoms with van der Waals surface area (Å²) in [5.74, 6) is 0.769. The molecule has 1 N–H and O–H groups in total. The molecular weight excluding hydrogens is 492 g/mol. The lowest BCUT2D eigenvalue weighted by molar-refractivity contribution is -0.126. The second-order valence-electron chi connectivity index (χ2n) is 12.3. The van der Waals surface area contributed by atoms with Crippen LogP contribution >= 0.6 is 0 Å². The third-order valence-electron chi connectivity index (χ3n) is 8.13. The molecule has 1 fully saturated rings. The lowest BCUT2D eigenvalue weighted by atomic mass is 9.82. The van der Waals surface area contributed by atoms with Crippen molar-refractivity contribution >= 4 is 17.8 Å². The molecule has 2 amide bonds. The third-order valence-corrected chi connectivity index (χ3v) is 8.13. The molecule has 2 aromatic rings. The highest BCUT2D eigenvalue weighted by molar-refractivity contribution is 5.86. The van der Waals surface area contributed by atoms with E-state index in [1.165, 1.54) is 34.1 Å². The number of rotatable bonds is 5. The molecule has 7 heteroatoms. The van der Waals surface area contributed by atoms with Crippen LogP contribution in [0.15, 0.2) is 42.5 Å². The van der Waals surface area contributed by atoms with Crippen molar-refractivity contribution in [1.29, 1.82) is 0 Å². The van der Waals surface area contributed by atoms with E-state index < -0.39 is 17.7 Å². The maximum Gasteiger partial charge on any atom is 0.411 e. The molecule has 0 aromatic heterocycles. The normalized spacial score (nSPS) is 24.4. The fraction of sp³-hybridized carbons (Fsp3) is 0.531. The number of ketones is 1. The molecule has 1 heterocycles. The van der Waals surface area contributed by atoms with Crippen LogP contribution in [0.1, 0.15) is 81.7 Å². The third kappa shape index (κ3) is 6.29. The van der Waals surface area contributed by atoms with Gasteiger partial charge in [-0.2, -0.15) is 0 Å².